The second kappa shape index (κ2) is 18.9. The van der Waals surface area contributed by atoms with Gasteiger partial charge in [-0.2, -0.15) is 0 Å². The Hall–Kier alpha value is -1.48. The molecule has 0 aromatic heterocycles. The van der Waals surface area contributed by atoms with Crippen LogP contribution in [0.1, 0.15) is 38.3 Å². The van der Waals surface area contributed by atoms with Crippen LogP contribution in [0.3, 0.4) is 0 Å². The number of aliphatic hydroxyl groups is 2. The van der Waals surface area contributed by atoms with Crippen molar-refractivity contribution >= 4 is 0 Å². The third kappa shape index (κ3) is 16.5. The van der Waals surface area contributed by atoms with Crippen LogP contribution in [0.4, 0.5) is 0 Å². The Labute approximate surface area is 119 Å². The molecule has 19 heavy (non-hydrogen) atoms. The average Bonchev–Trinajstić information content (AvgIpc) is 2.46. The Kier molecular flexibility index (Phi) is 22.5. The number of hydrogen-bond donors (Lipinski definition) is 3. The number of aliphatic hydroxyl groups excluding tert-OH is 2. The van der Waals surface area contributed by atoms with E-state index in [1.165, 1.54) is 24.0 Å². The molecule has 0 spiro atoms. The van der Waals surface area contributed by atoms with Gasteiger partial charge in [0.15, 0.2) is 5.88 Å². The van der Waals surface area contributed by atoms with Crippen LogP contribution in [0.5, 0.6) is 0 Å². The molecule has 0 aliphatic carbocycles. The molecule has 112 valence electrons. The molecule has 0 saturated carbocycles. The molecule has 0 radical (unpaired) electrons. The van der Waals surface area contributed by atoms with Crippen molar-refractivity contribution in [1.82, 2.24) is 5.32 Å². The van der Waals surface area contributed by atoms with Crippen LogP contribution in [0.25, 0.3) is 0 Å². The van der Waals surface area contributed by atoms with Crippen molar-refractivity contribution in [3.8, 4) is 0 Å². The van der Waals surface area contributed by atoms with E-state index >= 15 is 0 Å². The lowest BCUT2D eigenvalue weighted by Crippen LogP contribution is -2.01. The summed E-state index contributed by atoms with van der Waals surface area (Å²) in [4.78, 5) is 0. The first-order valence-electron chi connectivity index (χ1n) is 6.66. The van der Waals surface area contributed by atoms with Gasteiger partial charge >= 0.3 is 0 Å². The van der Waals surface area contributed by atoms with E-state index in [1.807, 2.05) is 13.8 Å². The van der Waals surface area contributed by atoms with E-state index in [0.717, 1.165) is 7.11 Å². The lowest BCUT2D eigenvalue weighted by atomic mass is 10.1. The van der Waals surface area contributed by atoms with E-state index < -0.39 is 0 Å². The van der Waals surface area contributed by atoms with E-state index in [4.69, 9.17) is 10.2 Å². The molecule has 1 aromatic carbocycles. The molecular formula is C16H31NO2. The quantitative estimate of drug-likeness (QED) is 0.731. The van der Waals surface area contributed by atoms with Crippen molar-refractivity contribution in [2.45, 2.75) is 40.5 Å². The molecule has 0 atom stereocenters. The fourth-order valence-corrected chi connectivity index (χ4v) is 1.16. The predicted molar refractivity (Wildman–Crippen MR) is 85.5 cm³/mol. The molecule has 0 unspecified atom stereocenters. The van der Waals surface area contributed by atoms with Gasteiger partial charge in [0, 0.05) is 14.2 Å². The zero-order valence-corrected chi connectivity index (χ0v) is 13.3. The van der Waals surface area contributed by atoms with Gasteiger partial charge in [-0.05, 0) is 31.1 Å². The minimum atomic E-state index is 0.00463. The highest BCUT2D eigenvalue weighted by Gasteiger charge is 1.92. The summed E-state index contributed by atoms with van der Waals surface area (Å²) in [6, 6.07) is 8.58. The summed E-state index contributed by atoms with van der Waals surface area (Å²) in [6.07, 6.45) is 2.46. The molecule has 3 N–H and O–H groups in total. The molecule has 0 amide bonds. The van der Waals surface area contributed by atoms with Gasteiger partial charge in [-0.15, -0.1) is 0 Å². The topological polar surface area (TPSA) is 52.5 Å². The third-order valence-corrected chi connectivity index (χ3v) is 2.07. The molecule has 0 bridgehead atoms. The van der Waals surface area contributed by atoms with Crippen molar-refractivity contribution in [2.24, 2.45) is 0 Å². The molecule has 0 aliphatic rings. The number of hydrogen-bond acceptors (Lipinski definition) is 3. The highest BCUT2D eigenvalue weighted by molar-refractivity contribution is 5.25. The Morgan fingerprint density at radius 2 is 1.63 bits per heavy atom. The van der Waals surface area contributed by atoms with Crippen molar-refractivity contribution < 1.29 is 10.2 Å². The summed E-state index contributed by atoms with van der Waals surface area (Å²) >= 11 is 0. The summed E-state index contributed by atoms with van der Waals surface area (Å²) in [5.41, 5.74) is 2.91. The molecule has 3 nitrogen and oxygen atoms in total. The summed E-state index contributed by atoms with van der Waals surface area (Å²) in [6.45, 7) is 11.5. The van der Waals surface area contributed by atoms with Crippen LogP contribution in [-0.4, -0.2) is 24.4 Å². The Bertz CT molecular complexity index is 299. The van der Waals surface area contributed by atoms with Gasteiger partial charge < -0.3 is 15.5 Å². The molecule has 0 fully saturated rings. The number of rotatable bonds is 3. The SMILES string of the molecule is C=C(O)NC.CC.CCCc1ccccc1C.CO. The molecule has 1 aromatic rings. The van der Waals surface area contributed by atoms with Gasteiger partial charge in [0.25, 0.3) is 0 Å². The Balaban J connectivity index is -0.000000242. The number of aryl methyl sites for hydroxylation is 2. The van der Waals surface area contributed by atoms with E-state index in [9.17, 15) is 0 Å². The summed E-state index contributed by atoms with van der Waals surface area (Å²) in [5.74, 6) is 0.00463. The maximum Gasteiger partial charge on any atom is 0.176 e. The average molecular weight is 269 g/mol. The maximum absolute atomic E-state index is 8.06. The molecule has 0 saturated heterocycles. The molecule has 0 aliphatic heterocycles. The van der Waals surface area contributed by atoms with Crippen LogP contribution < -0.4 is 5.32 Å². The standard InChI is InChI=1S/C10H14.C3H7NO.C2H6.CH4O/c1-3-6-10-8-5-4-7-9(10)2;1-3(5)4-2;2*1-2/h4-5,7-8H,3,6H2,1-2H3;4-5H,1H2,2H3;1-2H3;2H,1H3. The largest absolute Gasteiger partial charge is 0.495 e. The summed E-state index contributed by atoms with van der Waals surface area (Å²) in [7, 11) is 2.60. The Morgan fingerprint density at radius 1 is 1.21 bits per heavy atom. The zero-order valence-electron chi connectivity index (χ0n) is 13.3. The first kappa shape index (κ1) is 22.7. The monoisotopic (exact) mass is 269 g/mol. The maximum atomic E-state index is 8.06. The van der Waals surface area contributed by atoms with E-state index in [1.54, 1.807) is 7.05 Å². The van der Waals surface area contributed by atoms with Crippen molar-refractivity contribution in [2.75, 3.05) is 14.2 Å². The van der Waals surface area contributed by atoms with Gasteiger partial charge in [-0.1, -0.05) is 51.5 Å². The summed E-state index contributed by atoms with van der Waals surface area (Å²) < 4.78 is 0. The summed E-state index contributed by atoms with van der Waals surface area (Å²) in [5, 5.41) is 17.4. The van der Waals surface area contributed by atoms with Gasteiger partial charge in [0.05, 0.1) is 0 Å². The minimum absolute atomic E-state index is 0.00463. The van der Waals surface area contributed by atoms with Gasteiger partial charge in [0.1, 0.15) is 0 Å². The second-order valence-corrected chi connectivity index (χ2v) is 3.37. The first-order chi connectivity index (χ1) is 9.11. The van der Waals surface area contributed by atoms with Crippen LogP contribution in [0.2, 0.25) is 0 Å². The van der Waals surface area contributed by atoms with Crippen LogP contribution in [0, 0.1) is 6.92 Å². The second-order valence-electron chi connectivity index (χ2n) is 3.37. The lowest BCUT2D eigenvalue weighted by molar-refractivity contribution is 0.379. The fraction of sp³-hybridized carbons (Fsp3) is 0.500. The fourth-order valence-electron chi connectivity index (χ4n) is 1.16. The van der Waals surface area contributed by atoms with Gasteiger partial charge in [-0.25, -0.2) is 0 Å². The van der Waals surface area contributed by atoms with E-state index in [2.05, 4.69) is 50.0 Å². The number of benzene rings is 1. The van der Waals surface area contributed by atoms with Crippen LogP contribution in [0.15, 0.2) is 36.7 Å². The van der Waals surface area contributed by atoms with Crippen molar-refractivity contribution in [3.05, 3.63) is 47.9 Å². The van der Waals surface area contributed by atoms with E-state index in [-0.39, 0.29) is 5.88 Å². The third-order valence-electron chi connectivity index (χ3n) is 2.07. The van der Waals surface area contributed by atoms with Gasteiger partial charge in [-0.3, -0.25) is 0 Å². The molecule has 3 heteroatoms. The van der Waals surface area contributed by atoms with E-state index in [0.29, 0.717) is 0 Å². The van der Waals surface area contributed by atoms with Crippen molar-refractivity contribution in [3.63, 3.8) is 0 Å². The lowest BCUT2D eigenvalue weighted by Gasteiger charge is -2.01. The highest BCUT2D eigenvalue weighted by atomic mass is 16.3. The Morgan fingerprint density at radius 3 is 1.95 bits per heavy atom. The highest BCUT2D eigenvalue weighted by Crippen LogP contribution is 2.08. The first-order valence-corrected chi connectivity index (χ1v) is 6.66. The number of nitrogens with one attached hydrogen (secondary N) is 1. The minimum Gasteiger partial charge on any atom is -0.495 e. The predicted octanol–water partition coefficient (Wildman–Crippen LogP) is 3.82. The smallest absolute Gasteiger partial charge is 0.176 e. The van der Waals surface area contributed by atoms with Gasteiger partial charge in [0.2, 0.25) is 0 Å². The zero-order chi connectivity index (χ0) is 15.7. The molecule has 0 heterocycles. The normalized spacial score (nSPS) is 7.53. The van der Waals surface area contributed by atoms with Crippen LogP contribution in [-0.2, 0) is 6.42 Å². The van der Waals surface area contributed by atoms with Crippen molar-refractivity contribution in [1.29, 1.82) is 0 Å². The molecule has 1 rings (SSSR count). The van der Waals surface area contributed by atoms with Crippen LogP contribution >= 0.6 is 0 Å². The molecular weight excluding hydrogens is 238 g/mol.